The molecule has 1 amide bonds. The summed E-state index contributed by atoms with van der Waals surface area (Å²) in [7, 11) is 0. The van der Waals surface area contributed by atoms with Crippen molar-refractivity contribution in [3.63, 3.8) is 0 Å². The van der Waals surface area contributed by atoms with E-state index < -0.39 is 0 Å². The molecular weight excluding hydrogens is 226 g/mol. The van der Waals surface area contributed by atoms with Gasteiger partial charge in [-0.2, -0.15) is 0 Å². The van der Waals surface area contributed by atoms with Crippen LogP contribution in [0.15, 0.2) is 18.2 Å². The SMILES string of the molecule is Cc1c(C#CCO)cccc1C(=O)NC1(C)CC1. The molecule has 0 heterocycles. The average Bonchev–Trinajstić information content (AvgIpc) is 3.05. The first-order chi connectivity index (χ1) is 8.56. The fourth-order valence-electron chi connectivity index (χ4n) is 1.81. The maximum absolute atomic E-state index is 12.1. The Kier molecular flexibility index (Phi) is 3.40. The number of amides is 1. The number of aliphatic hydroxyl groups is 1. The molecule has 3 nitrogen and oxygen atoms in total. The Labute approximate surface area is 107 Å². The van der Waals surface area contributed by atoms with E-state index in [1.54, 1.807) is 6.07 Å². The lowest BCUT2D eigenvalue weighted by molar-refractivity contribution is 0.0935. The number of rotatable bonds is 2. The van der Waals surface area contributed by atoms with E-state index in [0.717, 1.165) is 24.0 Å². The topological polar surface area (TPSA) is 49.3 Å². The zero-order chi connectivity index (χ0) is 13.2. The quantitative estimate of drug-likeness (QED) is 0.775. The minimum atomic E-state index is -0.173. The molecule has 1 saturated carbocycles. The molecule has 1 aliphatic rings. The fraction of sp³-hybridized carbons (Fsp3) is 0.400. The number of carbonyl (C=O) groups excluding carboxylic acids is 1. The van der Waals surface area contributed by atoms with Gasteiger partial charge in [-0.25, -0.2) is 0 Å². The molecule has 0 radical (unpaired) electrons. The summed E-state index contributed by atoms with van der Waals surface area (Å²) in [5, 5.41) is 11.7. The number of carbonyl (C=O) groups is 1. The lowest BCUT2D eigenvalue weighted by Crippen LogP contribution is -2.34. The highest BCUT2D eigenvalue weighted by Gasteiger charge is 2.38. The monoisotopic (exact) mass is 243 g/mol. The minimum Gasteiger partial charge on any atom is -0.384 e. The van der Waals surface area contributed by atoms with Gasteiger partial charge in [-0.15, -0.1) is 0 Å². The molecule has 1 aromatic rings. The van der Waals surface area contributed by atoms with Crippen LogP contribution in [0.4, 0.5) is 0 Å². The number of benzene rings is 1. The highest BCUT2D eigenvalue weighted by Crippen LogP contribution is 2.34. The molecule has 94 valence electrons. The molecule has 0 spiro atoms. The molecule has 0 atom stereocenters. The van der Waals surface area contributed by atoms with Gasteiger partial charge in [0, 0.05) is 16.7 Å². The lowest BCUT2D eigenvalue weighted by atomic mass is 10.0. The van der Waals surface area contributed by atoms with Crippen molar-refractivity contribution in [3.8, 4) is 11.8 Å². The summed E-state index contributed by atoms with van der Waals surface area (Å²) in [4.78, 5) is 12.1. The van der Waals surface area contributed by atoms with Gasteiger partial charge < -0.3 is 10.4 Å². The van der Waals surface area contributed by atoms with Crippen LogP contribution in [0.25, 0.3) is 0 Å². The third-order valence-corrected chi connectivity index (χ3v) is 3.30. The first-order valence-corrected chi connectivity index (χ1v) is 6.08. The van der Waals surface area contributed by atoms with Crippen LogP contribution in [-0.2, 0) is 0 Å². The smallest absolute Gasteiger partial charge is 0.252 e. The molecule has 0 aliphatic heterocycles. The second kappa shape index (κ2) is 4.83. The van der Waals surface area contributed by atoms with Crippen LogP contribution in [0.2, 0.25) is 0 Å². The van der Waals surface area contributed by atoms with E-state index in [0.29, 0.717) is 5.56 Å². The van der Waals surface area contributed by atoms with Crippen molar-refractivity contribution in [2.45, 2.75) is 32.2 Å². The third-order valence-electron chi connectivity index (χ3n) is 3.30. The summed E-state index contributed by atoms with van der Waals surface area (Å²) >= 11 is 0. The maximum Gasteiger partial charge on any atom is 0.252 e. The molecule has 0 aromatic heterocycles. The Bertz CT molecular complexity index is 533. The second-order valence-electron chi connectivity index (χ2n) is 4.95. The molecule has 0 bridgehead atoms. The van der Waals surface area contributed by atoms with Gasteiger partial charge in [-0.1, -0.05) is 17.9 Å². The Hall–Kier alpha value is -1.79. The standard InChI is InChI=1S/C15H17NO2/c1-11-12(6-4-10-17)5-3-7-13(11)14(18)16-15(2)8-9-15/h3,5,7,17H,8-10H2,1-2H3,(H,16,18). The summed E-state index contributed by atoms with van der Waals surface area (Å²) in [6.45, 7) is 3.76. The summed E-state index contributed by atoms with van der Waals surface area (Å²) in [5.74, 6) is 5.42. The molecule has 2 rings (SSSR count). The van der Waals surface area contributed by atoms with E-state index in [2.05, 4.69) is 24.1 Å². The molecule has 1 aromatic carbocycles. The number of hydrogen-bond donors (Lipinski definition) is 2. The van der Waals surface area contributed by atoms with E-state index >= 15 is 0 Å². The molecule has 0 unspecified atom stereocenters. The highest BCUT2D eigenvalue weighted by molar-refractivity contribution is 5.96. The second-order valence-corrected chi connectivity index (χ2v) is 4.95. The van der Waals surface area contributed by atoms with Crippen molar-refractivity contribution in [1.29, 1.82) is 0 Å². The summed E-state index contributed by atoms with van der Waals surface area (Å²) in [6, 6.07) is 5.48. The Morgan fingerprint density at radius 1 is 1.50 bits per heavy atom. The van der Waals surface area contributed by atoms with E-state index in [1.807, 2.05) is 19.1 Å². The Morgan fingerprint density at radius 3 is 2.83 bits per heavy atom. The van der Waals surface area contributed by atoms with Crippen LogP contribution >= 0.6 is 0 Å². The summed E-state index contributed by atoms with van der Waals surface area (Å²) in [5.41, 5.74) is 2.29. The molecule has 0 saturated heterocycles. The van der Waals surface area contributed by atoms with Crippen molar-refractivity contribution in [2.24, 2.45) is 0 Å². The first-order valence-electron chi connectivity index (χ1n) is 6.08. The largest absolute Gasteiger partial charge is 0.384 e. The van der Waals surface area contributed by atoms with Gasteiger partial charge in [0.05, 0.1) is 0 Å². The van der Waals surface area contributed by atoms with E-state index in [1.165, 1.54) is 0 Å². The van der Waals surface area contributed by atoms with E-state index in [4.69, 9.17) is 5.11 Å². The predicted molar refractivity (Wildman–Crippen MR) is 70.2 cm³/mol. The van der Waals surface area contributed by atoms with Gasteiger partial charge in [0.1, 0.15) is 6.61 Å². The normalized spacial score (nSPS) is 15.5. The lowest BCUT2D eigenvalue weighted by Gasteiger charge is -2.13. The van der Waals surface area contributed by atoms with E-state index in [-0.39, 0.29) is 18.1 Å². The molecule has 3 heteroatoms. The van der Waals surface area contributed by atoms with Crippen LogP contribution in [0.5, 0.6) is 0 Å². The van der Waals surface area contributed by atoms with Gasteiger partial charge in [0.25, 0.3) is 5.91 Å². The summed E-state index contributed by atoms with van der Waals surface area (Å²) < 4.78 is 0. The number of aliphatic hydroxyl groups excluding tert-OH is 1. The third kappa shape index (κ3) is 2.72. The highest BCUT2D eigenvalue weighted by atomic mass is 16.2. The van der Waals surface area contributed by atoms with Crippen molar-refractivity contribution in [1.82, 2.24) is 5.32 Å². The van der Waals surface area contributed by atoms with Gasteiger partial charge in [0.2, 0.25) is 0 Å². The van der Waals surface area contributed by atoms with Crippen LogP contribution in [0, 0.1) is 18.8 Å². The number of hydrogen-bond acceptors (Lipinski definition) is 2. The van der Waals surface area contributed by atoms with Crippen molar-refractivity contribution in [2.75, 3.05) is 6.61 Å². The summed E-state index contributed by atoms with van der Waals surface area (Å²) in [6.07, 6.45) is 2.09. The number of nitrogens with one attached hydrogen (secondary N) is 1. The van der Waals surface area contributed by atoms with Gasteiger partial charge in [-0.05, 0) is 44.4 Å². The molecule has 2 N–H and O–H groups in total. The Morgan fingerprint density at radius 2 is 2.22 bits per heavy atom. The van der Waals surface area contributed by atoms with Crippen molar-refractivity contribution < 1.29 is 9.90 Å². The zero-order valence-electron chi connectivity index (χ0n) is 10.7. The molecule has 18 heavy (non-hydrogen) atoms. The van der Waals surface area contributed by atoms with Gasteiger partial charge in [-0.3, -0.25) is 4.79 Å². The van der Waals surface area contributed by atoms with Crippen LogP contribution in [0.3, 0.4) is 0 Å². The Balaban J connectivity index is 2.25. The minimum absolute atomic E-state index is 0.0176. The van der Waals surface area contributed by atoms with Crippen LogP contribution in [-0.4, -0.2) is 23.2 Å². The van der Waals surface area contributed by atoms with Crippen LogP contribution < -0.4 is 5.32 Å². The average molecular weight is 243 g/mol. The zero-order valence-corrected chi connectivity index (χ0v) is 10.7. The van der Waals surface area contributed by atoms with Crippen LogP contribution in [0.1, 0.15) is 41.3 Å². The molecular formula is C15H17NO2. The molecule has 1 fully saturated rings. The maximum atomic E-state index is 12.1. The van der Waals surface area contributed by atoms with Crippen molar-refractivity contribution >= 4 is 5.91 Å². The predicted octanol–water partition coefficient (Wildman–Crippen LogP) is 1.62. The van der Waals surface area contributed by atoms with Crippen molar-refractivity contribution in [3.05, 3.63) is 34.9 Å². The first kappa shape index (κ1) is 12.7. The fourth-order valence-corrected chi connectivity index (χ4v) is 1.81. The van der Waals surface area contributed by atoms with Gasteiger partial charge in [0.15, 0.2) is 0 Å². The van der Waals surface area contributed by atoms with Gasteiger partial charge >= 0.3 is 0 Å². The van der Waals surface area contributed by atoms with E-state index in [9.17, 15) is 4.79 Å². The molecule has 1 aliphatic carbocycles.